The molecule has 0 aliphatic heterocycles. The topological polar surface area (TPSA) is 41.6 Å². The van der Waals surface area contributed by atoms with Crippen LogP contribution in [0.15, 0.2) is 48.5 Å². The fourth-order valence-electron chi connectivity index (χ4n) is 2.54. The number of anilines is 2. The third-order valence-electron chi connectivity index (χ3n) is 4.20. The first kappa shape index (κ1) is 19.8. The SMILES string of the molecule is CN(C)c1ccc(NC(=O)CCCOc2ccc(C(C)(C)C)cc2)cc1. The first-order chi connectivity index (χ1) is 12.3. The van der Waals surface area contributed by atoms with Gasteiger partial charge in [-0.1, -0.05) is 32.9 Å². The summed E-state index contributed by atoms with van der Waals surface area (Å²) in [6, 6.07) is 16.0. The Morgan fingerprint density at radius 3 is 2.15 bits per heavy atom. The van der Waals surface area contributed by atoms with E-state index in [1.807, 2.05) is 55.4 Å². The zero-order chi connectivity index (χ0) is 19.2. The highest BCUT2D eigenvalue weighted by atomic mass is 16.5. The minimum Gasteiger partial charge on any atom is -0.494 e. The van der Waals surface area contributed by atoms with Crippen LogP contribution in [0.1, 0.15) is 39.2 Å². The van der Waals surface area contributed by atoms with Crippen LogP contribution in [0.5, 0.6) is 5.75 Å². The number of ether oxygens (including phenoxy) is 1. The third-order valence-corrected chi connectivity index (χ3v) is 4.20. The van der Waals surface area contributed by atoms with Gasteiger partial charge in [-0.3, -0.25) is 4.79 Å². The maximum atomic E-state index is 12.0. The first-order valence-corrected chi connectivity index (χ1v) is 9.06. The summed E-state index contributed by atoms with van der Waals surface area (Å²) in [4.78, 5) is 14.0. The molecule has 0 atom stereocenters. The summed E-state index contributed by atoms with van der Waals surface area (Å²) in [5.74, 6) is 0.854. The lowest BCUT2D eigenvalue weighted by atomic mass is 9.87. The van der Waals surface area contributed by atoms with Gasteiger partial charge in [0.2, 0.25) is 5.91 Å². The van der Waals surface area contributed by atoms with Gasteiger partial charge in [-0.05, 0) is 53.8 Å². The largest absolute Gasteiger partial charge is 0.494 e. The minimum absolute atomic E-state index is 0.00860. The first-order valence-electron chi connectivity index (χ1n) is 9.06. The van der Waals surface area contributed by atoms with Gasteiger partial charge >= 0.3 is 0 Å². The number of hydrogen-bond donors (Lipinski definition) is 1. The predicted molar refractivity (Wildman–Crippen MR) is 109 cm³/mol. The summed E-state index contributed by atoms with van der Waals surface area (Å²) in [5, 5.41) is 2.92. The van der Waals surface area contributed by atoms with Gasteiger partial charge in [0.25, 0.3) is 0 Å². The molecule has 0 bridgehead atoms. The van der Waals surface area contributed by atoms with Crippen LogP contribution in [-0.2, 0) is 10.2 Å². The van der Waals surface area contributed by atoms with Crippen molar-refractivity contribution in [1.29, 1.82) is 0 Å². The lowest BCUT2D eigenvalue weighted by Gasteiger charge is -2.19. The Morgan fingerprint density at radius 2 is 1.62 bits per heavy atom. The molecule has 2 aromatic rings. The van der Waals surface area contributed by atoms with Crippen molar-refractivity contribution in [3.63, 3.8) is 0 Å². The molecule has 2 aromatic carbocycles. The Balaban J connectivity index is 1.71. The zero-order valence-corrected chi connectivity index (χ0v) is 16.5. The van der Waals surface area contributed by atoms with Crippen LogP contribution in [0.25, 0.3) is 0 Å². The lowest BCUT2D eigenvalue weighted by molar-refractivity contribution is -0.116. The molecule has 0 aliphatic carbocycles. The monoisotopic (exact) mass is 354 g/mol. The Morgan fingerprint density at radius 1 is 1.00 bits per heavy atom. The summed E-state index contributed by atoms with van der Waals surface area (Å²) in [6.07, 6.45) is 1.12. The van der Waals surface area contributed by atoms with E-state index in [4.69, 9.17) is 4.74 Å². The number of nitrogens with one attached hydrogen (secondary N) is 1. The molecule has 0 saturated heterocycles. The van der Waals surface area contributed by atoms with Gasteiger partial charge in [0.15, 0.2) is 0 Å². The highest BCUT2D eigenvalue weighted by molar-refractivity contribution is 5.90. The highest BCUT2D eigenvalue weighted by Gasteiger charge is 2.13. The predicted octanol–water partition coefficient (Wildman–Crippen LogP) is 4.85. The van der Waals surface area contributed by atoms with E-state index in [9.17, 15) is 4.79 Å². The molecule has 0 heterocycles. The van der Waals surface area contributed by atoms with Gasteiger partial charge in [0, 0.05) is 31.9 Å². The van der Waals surface area contributed by atoms with Crippen LogP contribution in [0.4, 0.5) is 11.4 Å². The maximum absolute atomic E-state index is 12.0. The number of carbonyl (C=O) groups is 1. The van der Waals surface area contributed by atoms with Crippen LogP contribution in [0.3, 0.4) is 0 Å². The smallest absolute Gasteiger partial charge is 0.224 e. The molecule has 1 N–H and O–H groups in total. The summed E-state index contributed by atoms with van der Waals surface area (Å²) in [5.41, 5.74) is 3.35. The van der Waals surface area contributed by atoms with Crippen LogP contribution >= 0.6 is 0 Å². The molecule has 26 heavy (non-hydrogen) atoms. The quantitative estimate of drug-likeness (QED) is 0.723. The summed E-state index contributed by atoms with van der Waals surface area (Å²) in [6.45, 7) is 7.10. The van der Waals surface area contributed by atoms with Crippen molar-refractivity contribution in [3.8, 4) is 5.75 Å². The second kappa shape index (κ2) is 8.75. The van der Waals surface area contributed by atoms with Crippen LogP contribution < -0.4 is 15.0 Å². The van der Waals surface area contributed by atoms with Crippen molar-refractivity contribution in [2.75, 3.05) is 30.9 Å². The van der Waals surface area contributed by atoms with Crippen LogP contribution in [0, 0.1) is 0 Å². The number of nitrogens with zero attached hydrogens (tertiary/aromatic N) is 1. The number of amides is 1. The van der Waals surface area contributed by atoms with Crippen molar-refractivity contribution in [3.05, 3.63) is 54.1 Å². The van der Waals surface area contributed by atoms with Crippen molar-refractivity contribution >= 4 is 17.3 Å². The van der Waals surface area contributed by atoms with Crippen molar-refractivity contribution in [2.45, 2.75) is 39.0 Å². The second-order valence-corrected chi connectivity index (χ2v) is 7.72. The molecule has 0 saturated carbocycles. The van der Waals surface area contributed by atoms with E-state index in [0.29, 0.717) is 19.4 Å². The van der Waals surface area contributed by atoms with E-state index in [2.05, 4.69) is 38.2 Å². The standard InChI is InChI=1S/C22H30N2O2/c1-22(2,3)17-8-14-20(15-9-17)26-16-6-7-21(25)23-18-10-12-19(13-11-18)24(4)5/h8-15H,6-7,16H2,1-5H3,(H,23,25). The summed E-state index contributed by atoms with van der Waals surface area (Å²) >= 11 is 0. The molecule has 0 fully saturated rings. The second-order valence-electron chi connectivity index (χ2n) is 7.72. The molecule has 0 spiro atoms. The van der Waals surface area contributed by atoms with E-state index >= 15 is 0 Å². The molecular formula is C22H30N2O2. The molecule has 0 aliphatic rings. The Hall–Kier alpha value is -2.49. The molecule has 0 unspecified atom stereocenters. The van der Waals surface area contributed by atoms with Gasteiger partial charge in [-0.15, -0.1) is 0 Å². The molecular weight excluding hydrogens is 324 g/mol. The van der Waals surface area contributed by atoms with E-state index in [1.54, 1.807) is 0 Å². The Bertz CT molecular complexity index is 698. The van der Waals surface area contributed by atoms with E-state index in [0.717, 1.165) is 17.1 Å². The molecule has 0 radical (unpaired) electrons. The van der Waals surface area contributed by atoms with Gasteiger partial charge in [-0.2, -0.15) is 0 Å². The fourth-order valence-corrected chi connectivity index (χ4v) is 2.54. The maximum Gasteiger partial charge on any atom is 0.224 e. The summed E-state index contributed by atoms with van der Waals surface area (Å²) in [7, 11) is 3.98. The fraction of sp³-hybridized carbons (Fsp3) is 0.409. The average Bonchev–Trinajstić information content (AvgIpc) is 2.59. The zero-order valence-electron chi connectivity index (χ0n) is 16.5. The molecule has 140 valence electrons. The molecule has 4 heteroatoms. The molecule has 0 aromatic heterocycles. The van der Waals surface area contributed by atoms with Crippen molar-refractivity contribution in [1.82, 2.24) is 0 Å². The number of carbonyl (C=O) groups excluding carboxylic acids is 1. The third kappa shape index (κ3) is 6.10. The minimum atomic E-state index is 0.00860. The molecule has 2 rings (SSSR count). The van der Waals surface area contributed by atoms with Crippen molar-refractivity contribution in [2.24, 2.45) is 0 Å². The molecule has 4 nitrogen and oxygen atoms in total. The van der Waals surface area contributed by atoms with E-state index < -0.39 is 0 Å². The normalized spacial score (nSPS) is 11.1. The van der Waals surface area contributed by atoms with Gasteiger partial charge in [-0.25, -0.2) is 0 Å². The van der Waals surface area contributed by atoms with Gasteiger partial charge < -0.3 is 15.0 Å². The Kier molecular flexibility index (Phi) is 6.67. The van der Waals surface area contributed by atoms with Crippen LogP contribution in [-0.4, -0.2) is 26.6 Å². The van der Waals surface area contributed by atoms with Crippen molar-refractivity contribution < 1.29 is 9.53 Å². The molecule has 1 amide bonds. The van der Waals surface area contributed by atoms with Gasteiger partial charge in [0.1, 0.15) is 5.75 Å². The highest BCUT2D eigenvalue weighted by Crippen LogP contribution is 2.24. The Labute approximate surface area is 157 Å². The van der Waals surface area contributed by atoms with Crippen LogP contribution in [0.2, 0.25) is 0 Å². The average molecular weight is 354 g/mol. The number of benzene rings is 2. The van der Waals surface area contributed by atoms with E-state index in [1.165, 1.54) is 5.56 Å². The number of hydrogen-bond acceptors (Lipinski definition) is 3. The van der Waals surface area contributed by atoms with Gasteiger partial charge in [0.05, 0.1) is 6.61 Å². The number of rotatable bonds is 7. The lowest BCUT2D eigenvalue weighted by Crippen LogP contribution is -2.13. The van der Waals surface area contributed by atoms with E-state index in [-0.39, 0.29) is 11.3 Å². The summed E-state index contributed by atoms with van der Waals surface area (Å²) < 4.78 is 5.73.